The minimum atomic E-state index is -1.96. The van der Waals surface area contributed by atoms with Gasteiger partial charge in [-0.1, -0.05) is 0 Å². The van der Waals surface area contributed by atoms with Crippen molar-refractivity contribution in [3.8, 4) is 0 Å². The Hall–Kier alpha value is -2.28. The molecule has 0 N–H and O–H groups in total. The molecule has 0 saturated heterocycles. The van der Waals surface area contributed by atoms with Gasteiger partial charge in [-0.05, 0) is 0 Å². The molecule has 4 aromatic rings. The zero-order valence-electron chi connectivity index (χ0n) is 16.4. The SMILES string of the molecule is Fc1ccc([As](C[As](c2ccc(F)cc2)c2ccc(F)cc2)c2ccc(F)cc2)cc1. The van der Waals surface area contributed by atoms with Gasteiger partial charge in [-0.15, -0.1) is 0 Å². The van der Waals surface area contributed by atoms with Crippen LogP contribution in [-0.2, 0) is 0 Å². The summed E-state index contributed by atoms with van der Waals surface area (Å²) in [7, 11) is 0. The summed E-state index contributed by atoms with van der Waals surface area (Å²) in [5.74, 6) is -1.21. The van der Waals surface area contributed by atoms with Crippen LogP contribution >= 0.6 is 0 Å². The third-order valence-corrected chi connectivity index (χ3v) is 19.9. The molecule has 156 valence electrons. The Kier molecular flexibility index (Phi) is 7.00. The van der Waals surface area contributed by atoms with E-state index in [1.54, 1.807) is 48.5 Å². The fourth-order valence-electron chi connectivity index (χ4n) is 3.25. The molecule has 31 heavy (non-hydrogen) atoms. The molecule has 0 radical (unpaired) electrons. The van der Waals surface area contributed by atoms with Crippen LogP contribution < -0.4 is 17.4 Å². The molecule has 4 rings (SSSR count). The molecular weight excluding hydrogens is 526 g/mol. The molecule has 0 nitrogen and oxygen atoms in total. The van der Waals surface area contributed by atoms with E-state index in [1.165, 1.54) is 48.5 Å². The van der Waals surface area contributed by atoms with Crippen molar-refractivity contribution in [2.45, 2.75) is 4.00 Å². The maximum atomic E-state index is 13.6. The van der Waals surface area contributed by atoms with Crippen LogP contribution in [0.2, 0.25) is 4.00 Å². The van der Waals surface area contributed by atoms with Gasteiger partial charge in [-0.25, -0.2) is 0 Å². The van der Waals surface area contributed by atoms with E-state index in [1.807, 2.05) is 0 Å². The normalized spacial score (nSPS) is 11.3. The number of hydrogen-bond acceptors (Lipinski definition) is 0. The van der Waals surface area contributed by atoms with Gasteiger partial charge < -0.3 is 0 Å². The number of halogens is 4. The first-order valence-corrected chi connectivity index (χ1v) is 16.0. The molecule has 4 aromatic carbocycles. The Bertz CT molecular complexity index is 942. The van der Waals surface area contributed by atoms with Crippen molar-refractivity contribution in [3.05, 3.63) is 120 Å². The topological polar surface area (TPSA) is 0 Å². The Morgan fingerprint density at radius 3 is 0.742 bits per heavy atom. The van der Waals surface area contributed by atoms with E-state index in [4.69, 9.17) is 0 Å². The standard InChI is InChI=1S/C25H18As2F4/c28-22-9-1-18(2-10-22)26(19-3-11-23(29)12-4-19)17-27(20-5-13-24(30)14-6-20)21-7-15-25(31)16-8-21/h1-16H,17H2. The van der Waals surface area contributed by atoms with Gasteiger partial charge in [0.05, 0.1) is 0 Å². The quantitative estimate of drug-likeness (QED) is 0.257. The van der Waals surface area contributed by atoms with Gasteiger partial charge in [0, 0.05) is 0 Å². The van der Waals surface area contributed by atoms with Gasteiger partial charge in [0.1, 0.15) is 0 Å². The van der Waals surface area contributed by atoms with Crippen LogP contribution in [0.15, 0.2) is 97.1 Å². The first-order valence-electron chi connectivity index (χ1n) is 9.57. The van der Waals surface area contributed by atoms with Gasteiger partial charge in [0.15, 0.2) is 0 Å². The summed E-state index contributed by atoms with van der Waals surface area (Å²) < 4.78 is 59.4. The third kappa shape index (κ3) is 5.50. The van der Waals surface area contributed by atoms with E-state index in [-0.39, 0.29) is 23.3 Å². The molecule has 0 unspecified atom stereocenters. The monoisotopic (exact) mass is 544 g/mol. The van der Waals surface area contributed by atoms with Gasteiger partial charge in [-0.3, -0.25) is 0 Å². The summed E-state index contributed by atoms with van der Waals surface area (Å²) in [5, 5.41) is 0. The van der Waals surface area contributed by atoms with Crippen molar-refractivity contribution in [1.29, 1.82) is 0 Å². The summed E-state index contributed by atoms with van der Waals surface area (Å²) in [5.41, 5.74) is 0. The number of hydrogen-bond donors (Lipinski definition) is 0. The van der Waals surface area contributed by atoms with E-state index < -0.39 is 29.3 Å². The second-order valence-electron chi connectivity index (χ2n) is 6.90. The Morgan fingerprint density at radius 2 is 0.548 bits per heavy atom. The van der Waals surface area contributed by atoms with Gasteiger partial charge >= 0.3 is 189 Å². The van der Waals surface area contributed by atoms with Crippen molar-refractivity contribution in [2.24, 2.45) is 0 Å². The third-order valence-electron chi connectivity index (χ3n) is 4.84. The summed E-state index contributed by atoms with van der Waals surface area (Å²) in [6, 6.07) is 26.1. The molecule has 0 saturated carbocycles. The first kappa shape index (κ1) is 21.9. The van der Waals surface area contributed by atoms with Crippen molar-refractivity contribution < 1.29 is 17.6 Å². The predicted molar refractivity (Wildman–Crippen MR) is 120 cm³/mol. The molecule has 0 aliphatic rings. The van der Waals surface area contributed by atoms with E-state index in [0.717, 1.165) is 21.4 Å². The van der Waals surface area contributed by atoms with Gasteiger partial charge in [0.2, 0.25) is 0 Å². The fraction of sp³-hybridized carbons (Fsp3) is 0.0400. The van der Waals surface area contributed by atoms with Crippen LogP contribution in [0.5, 0.6) is 0 Å². The van der Waals surface area contributed by atoms with Crippen molar-refractivity contribution in [1.82, 2.24) is 0 Å². The van der Waals surface area contributed by atoms with Crippen LogP contribution in [0.3, 0.4) is 0 Å². The van der Waals surface area contributed by atoms with Crippen LogP contribution in [0, 0.1) is 23.3 Å². The summed E-state index contributed by atoms with van der Waals surface area (Å²) >= 11 is -3.91. The minimum absolute atomic E-state index is 0.303. The molecule has 0 aliphatic heterocycles. The maximum absolute atomic E-state index is 13.6. The average Bonchev–Trinajstić information content (AvgIpc) is 2.78. The van der Waals surface area contributed by atoms with Gasteiger partial charge in [0.25, 0.3) is 0 Å². The zero-order valence-corrected chi connectivity index (χ0v) is 20.1. The van der Waals surface area contributed by atoms with Crippen molar-refractivity contribution in [3.63, 3.8) is 0 Å². The average molecular weight is 544 g/mol. The van der Waals surface area contributed by atoms with Crippen LogP contribution in [0.25, 0.3) is 0 Å². The predicted octanol–water partition coefficient (Wildman–Crippen LogP) is 3.70. The second-order valence-corrected chi connectivity index (χ2v) is 18.5. The Morgan fingerprint density at radius 1 is 0.355 bits per heavy atom. The summed E-state index contributed by atoms with van der Waals surface area (Å²) in [4.78, 5) is 0. The molecule has 0 spiro atoms. The summed E-state index contributed by atoms with van der Waals surface area (Å²) in [6.45, 7) is 0. The molecule has 0 amide bonds. The van der Waals surface area contributed by atoms with Gasteiger partial charge in [-0.2, -0.15) is 0 Å². The molecule has 0 aromatic heterocycles. The number of rotatable bonds is 6. The van der Waals surface area contributed by atoms with E-state index in [0.29, 0.717) is 0 Å². The molecule has 0 aliphatic carbocycles. The molecule has 6 heteroatoms. The molecule has 0 fully saturated rings. The Labute approximate surface area is 188 Å². The van der Waals surface area contributed by atoms with Crippen LogP contribution in [0.1, 0.15) is 0 Å². The zero-order chi connectivity index (χ0) is 21.8. The second kappa shape index (κ2) is 9.89. The van der Waals surface area contributed by atoms with Crippen LogP contribution in [0.4, 0.5) is 17.6 Å². The Balaban J connectivity index is 1.79. The first-order chi connectivity index (χ1) is 15.0. The fourth-order valence-corrected chi connectivity index (χ4v) is 20.9. The van der Waals surface area contributed by atoms with E-state index >= 15 is 0 Å². The number of benzene rings is 4. The molecule has 0 bridgehead atoms. The summed E-state index contributed by atoms with van der Waals surface area (Å²) in [6.07, 6.45) is 0. The van der Waals surface area contributed by atoms with E-state index in [9.17, 15) is 17.6 Å². The van der Waals surface area contributed by atoms with E-state index in [2.05, 4.69) is 0 Å². The van der Waals surface area contributed by atoms with Crippen molar-refractivity contribution >= 4 is 46.7 Å². The molecule has 0 heterocycles. The molecule has 0 atom stereocenters. The van der Waals surface area contributed by atoms with Crippen molar-refractivity contribution in [2.75, 3.05) is 0 Å². The molecular formula is C25H18As2F4. The van der Waals surface area contributed by atoms with Crippen LogP contribution in [-0.4, -0.2) is 29.3 Å².